The third-order valence-corrected chi connectivity index (χ3v) is 4.70. The van der Waals surface area contributed by atoms with E-state index in [2.05, 4.69) is 10.3 Å². The average Bonchev–Trinajstić information content (AvgIpc) is 2.72. The minimum absolute atomic E-state index is 0.226. The summed E-state index contributed by atoms with van der Waals surface area (Å²) >= 11 is 0. The standard InChI is InChI=1S/C21H24N2O5/c1-14-7-8-18(11-22-14)28-12-15-4-2-5-16(10-15)20(24)23-19(21(25)26)17-6-3-9-27-13-17/h2,4-5,7-8,10-11,17,19H,3,6,9,12-13H2,1H3,(H,23,24)(H,25,26). The van der Waals surface area contributed by atoms with Crippen molar-refractivity contribution in [3.05, 3.63) is 59.4 Å². The number of carboxylic acids is 1. The Balaban J connectivity index is 1.63. The number of nitrogens with zero attached hydrogens (tertiary/aromatic N) is 1. The molecule has 2 unspecified atom stereocenters. The highest BCUT2D eigenvalue weighted by atomic mass is 16.5. The van der Waals surface area contributed by atoms with Gasteiger partial charge in [0.15, 0.2) is 0 Å². The van der Waals surface area contributed by atoms with E-state index >= 15 is 0 Å². The van der Waals surface area contributed by atoms with Gasteiger partial charge in [0.1, 0.15) is 18.4 Å². The van der Waals surface area contributed by atoms with Gasteiger partial charge >= 0.3 is 5.97 Å². The summed E-state index contributed by atoms with van der Waals surface area (Å²) in [5.74, 6) is -1.05. The number of aliphatic carboxylic acids is 1. The maximum Gasteiger partial charge on any atom is 0.326 e. The first-order valence-electron chi connectivity index (χ1n) is 9.29. The number of ether oxygens (including phenoxy) is 2. The van der Waals surface area contributed by atoms with Crippen molar-refractivity contribution in [1.29, 1.82) is 0 Å². The highest BCUT2D eigenvalue weighted by Gasteiger charge is 2.31. The molecule has 1 aliphatic heterocycles. The van der Waals surface area contributed by atoms with E-state index in [4.69, 9.17) is 9.47 Å². The predicted octanol–water partition coefficient (Wildman–Crippen LogP) is 2.58. The van der Waals surface area contributed by atoms with Gasteiger partial charge in [-0.1, -0.05) is 12.1 Å². The largest absolute Gasteiger partial charge is 0.487 e. The Labute approximate surface area is 163 Å². The fraction of sp³-hybridized carbons (Fsp3) is 0.381. The van der Waals surface area contributed by atoms with Crippen molar-refractivity contribution in [3.63, 3.8) is 0 Å². The summed E-state index contributed by atoms with van der Waals surface area (Å²) < 4.78 is 11.1. The number of amides is 1. The number of aromatic nitrogens is 1. The van der Waals surface area contributed by atoms with Crippen LogP contribution in [0.25, 0.3) is 0 Å². The van der Waals surface area contributed by atoms with Gasteiger partial charge in [-0.3, -0.25) is 9.78 Å². The lowest BCUT2D eigenvalue weighted by atomic mass is 9.93. The lowest BCUT2D eigenvalue weighted by Crippen LogP contribution is -2.48. The third kappa shape index (κ3) is 5.29. The second-order valence-corrected chi connectivity index (χ2v) is 6.89. The van der Waals surface area contributed by atoms with E-state index in [1.165, 1.54) is 0 Å². The number of carbonyl (C=O) groups is 2. The molecule has 148 valence electrons. The molecule has 7 nitrogen and oxygen atoms in total. The normalized spacial score (nSPS) is 17.5. The molecule has 0 spiro atoms. The lowest BCUT2D eigenvalue weighted by molar-refractivity contribution is -0.142. The monoisotopic (exact) mass is 384 g/mol. The van der Waals surface area contributed by atoms with E-state index in [0.717, 1.165) is 24.1 Å². The van der Waals surface area contributed by atoms with Crippen LogP contribution in [0.3, 0.4) is 0 Å². The van der Waals surface area contributed by atoms with Gasteiger partial charge in [-0.15, -0.1) is 0 Å². The Hall–Kier alpha value is -2.93. The van der Waals surface area contributed by atoms with Crippen molar-refractivity contribution in [2.24, 2.45) is 5.92 Å². The molecule has 1 fully saturated rings. The summed E-state index contributed by atoms with van der Waals surface area (Å²) in [7, 11) is 0. The van der Waals surface area contributed by atoms with Crippen molar-refractivity contribution in [1.82, 2.24) is 10.3 Å². The van der Waals surface area contributed by atoms with Crippen molar-refractivity contribution < 1.29 is 24.2 Å². The molecule has 2 aromatic rings. The van der Waals surface area contributed by atoms with E-state index in [1.54, 1.807) is 24.4 Å². The molecule has 1 aliphatic rings. The van der Waals surface area contributed by atoms with Crippen molar-refractivity contribution in [2.45, 2.75) is 32.4 Å². The number of hydrogen-bond acceptors (Lipinski definition) is 5. The molecular weight excluding hydrogens is 360 g/mol. The Morgan fingerprint density at radius 2 is 2.21 bits per heavy atom. The highest BCUT2D eigenvalue weighted by Crippen LogP contribution is 2.19. The van der Waals surface area contributed by atoms with Crippen molar-refractivity contribution >= 4 is 11.9 Å². The summed E-state index contributed by atoms with van der Waals surface area (Å²) in [6, 6.07) is 9.69. The van der Waals surface area contributed by atoms with Crippen LogP contribution < -0.4 is 10.1 Å². The van der Waals surface area contributed by atoms with Gasteiger partial charge in [0.2, 0.25) is 0 Å². The first kappa shape index (κ1) is 19.8. The molecule has 3 rings (SSSR count). The molecule has 0 bridgehead atoms. The second-order valence-electron chi connectivity index (χ2n) is 6.89. The van der Waals surface area contributed by atoms with Crippen LogP contribution in [0.5, 0.6) is 5.75 Å². The van der Waals surface area contributed by atoms with Crippen LogP contribution in [-0.2, 0) is 16.1 Å². The molecule has 0 saturated carbocycles. The molecule has 1 aromatic carbocycles. The van der Waals surface area contributed by atoms with E-state index < -0.39 is 17.9 Å². The molecule has 7 heteroatoms. The zero-order valence-corrected chi connectivity index (χ0v) is 15.8. The van der Waals surface area contributed by atoms with Crippen LogP contribution in [0.1, 0.15) is 34.5 Å². The number of carbonyl (C=O) groups excluding carboxylic acids is 1. The van der Waals surface area contributed by atoms with Crippen molar-refractivity contribution in [2.75, 3.05) is 13.2 Å². The molecular formula is C21H24N2O5. The molecule has 0 radical (unpaired) electrons. The number of nitrogens with one attached hydrogen (secondary N) is 1. The van der Waals surface area contributed by atoms with Crippen LogP contribution in [0, 0.1) is 12.8 Å². The number of pyridine rings is 1. The molecule has 1 aromatic heterocycles. The maximum absolute atomic E-state index is 12.6. The van der Waals surface area contributed by atoms with Crippen LogP contribution in [-0.4, -0.2) is 41.2 Å². The van der Waals surface area contributed by atoms with Gasteiger partial charge in [0.25, 0.3) is 5.91 Å². The smallest absolute Gasteiger partial charge is 0.326 e. The highest BCUT2D eigenvalue weighted by molar-refractivity contribution is 5.96. The first-order valence-corrected chi connectivity index (χ1v) is 9.29. The van der Waals surface area contributed by atoms with Crippen LogP contribution >= 0.6 is 0 Å². The Bertz CT molecular complexity index is 816. The summed E-state index contributed by atoms with van der Waals surface area (Å²) in [5, 5.41) is 12.1. The lowest BCUT2D eigenvalue weighted by Gasteiger charge is -2.28. The van der Waals surface area contributed by atoms with E-state index in [0.29, 0.717) is 24.5 Å². The molecule has 0 aliphatic carbocycles. The summed E-state index contributed by atoms with van der Waals surface area (Å²) in [6.07, 6.45) is 3.16. The fourth-order valence-electron chi connectivity index (χ4n) is 3.14. The number of benzene rings is 1. The van der Waals surface area contributed by atoms with Crippen LogP contribution in [0.4, 0.5) is 0 Å². The molecule has 2 N–H and O–H groups in total. The Morgan fingerprint density at radius 3 is 2.89 bits per heavy atom. The average molecular weight is 384 g/mol. The van der Waals surface area contributed by atoms with Gasteiger partial charge in [-0.05, 0) is 49.6 Å². The first-order chi connectivity index (χ1) is 13.5. The topological polar surface area (TPSA) is 97.8 Å². The quantitative estimate of drug-likeness (QED) is 0.761. The van der Waals surface area contributed by atoms with Gasteiger partial charge in [-0.25, -0.2) is 4.79 Å². The molecule has 28 heavy (non-hydrogen) atoms. The molecule has 2 atom stereocenters. The number of rotatable bonds is 7. The Morgan fingerprint density at radius 1 is 1.36 bits per heavy atom. The zero-order valence-electron chi connectivity index (χ0n) is 15.8. The van der Waals surface area contributed by atoms with E-state index in [1.807, 2.05) is 25.1 Å². The van der Waals surface area contributed by atoms with Gasteiger partial charge in [0.05, 0.1) is 12.8 Å². The van der Waals surface area contributed by atoms with Gasteiger partial charge < -0.3 is 19.9 Å². The van der Waals surface area contributed by atoms with Crippen LogP contribution in [0.15, 0.2) is 42.6 Å². The van der Waals surface area contributed by atoms with E-state index in [-0.39, 0.29) is 12.5 Å². The molecule has 2 heterocycles. The van der Waals surface area contributed by atoms with E-state index in [9.17, 15) is 14.7 Å². The number of aryl methyl sites for hydroxylation is 1. The summed E-state index contributed by atoms with van der Waals surface area (Å²) in [5.41, 5.74) is 2.11. The van der Waals surface area contributed by atoms with Crippen LogP contribution in [0.2, 0.25) is 0 Å². The van der Waals surface area contributed by atoms with Gasteiger partial charge in [-0.2, -0.15) is 0 Å². The Kier molecular flexibility index (Phi) is 6.60. The number of carboxylic acid groups (broad SMARTS) is 1. The second kappa shape index (κ2) is 9.32. The summed E-state index contributed by atoms with van der Waals surface area (Å²) in [6.45, 7) is 3.16. The minimum Gasteiger partial charge on any atom is -0.487 e. The van der Waals surface area contributed by atoms with Crippen molar-refractivity contribution in [3.8, 4) is 5.75 Å². The maximum atomic E-state index is 12.6. The predicted molar refractivity (Wildman–Crippen MR) is 102 cm³/mol. The van der Waals surface area contributed by atoms with Gasteiger partial charge in [0, 0.05) is 23.8 Å². The SMILES string of the molecule is Cc1ccc(OCc2cccc(C(=O)NC(C(=O)O)C3CCCOC3)c2)cn1. The zero-order chi connectivity index (χ0) is 19.9. The third-order valence-electron chi connectivity index (χ3n) is 4.70. The minimum atomic E-state index is -1.05. The molecule has 1 amide bonds. The summed E-state index contributed by atoms with van der Waals surface area (Å²) in [4.78, 5) is 28.4. The fourth-order valence-corrected chi connectivity index (χ4v) is 3.14. The molecule has 1 saturated heterocycles. The number of hydrogen-bond donors (Lipinski definition) is 2.